The van der Waals surface area contributed by atoms with Crippen molar-refractivity contribution in [3.8, 4) is 0 Å². The number of pyridine rings is 2. The van der Waals surface area contributed by atoms with E-state index in [1.54, 1.807) is 24.3 Å². The molecule has 2 amide bonds. The van der Waals surface area contributed by atoms with Gasteiger partial charge in [0, 0.05) is 72.4 Å². The first kappa shape index (κ1) is 38.0. The van der Waals surface area contributed by atoms with Gasteiger partial charge in [-0.1, -0.05) is 24.3 Å². The van der Waals surface area contributed by atoms with Crippen LogP contribution in [0.25, 0.3) is 43.6 Å². The van der Waals surface area contributed by atoms with E-state index in [4.69, 9.17) is 11.5 Å². The highest BCUT2D eigenvalue weighted by atomic mass is 16.2. The van der Waals surface area contributed by atoms with Crippen molar-refractivity contribution in [3.05, 3.63) is 103 Å². The molecule has 0 aliphatic carbocycles. The van der Waals surface area contributed by atoms with E-state index in [0.29, 0.717) is 118 Å². The summed E-state index contributed by atoms with van der Waals surface area (Å²) in [5.41, 5.74) is 17.8. The van der Waals surface area contributed by atoms with Gasteiger partial charge >= 0.3 is 0 Å². The van der Waals surface area contributed by atoms with Crippen LogP contribution < -0.4 is 33.0 Å². The van der Waals surface area contributed by atoms with Crippen LogP contribution in [0.3, 0.4) is 0 Å². The molecule has 0 spiro atoms. The number of likely N-dealkylation sites (N-methyl/N-ethyl adjacent to an activating group) is 3. The zero-order valence-electron chi connectivity index (χ0n) is 31.6. The van der Waals surface area contributed by atoms with Crippen molar-refractivity contribution in [2.75, 3.05) is 86.0 Å². The van der Waals surface area contributed by atoms with Crippen LogP contribution in [0.1, 0.15) is 31.8 Å². The zero-order chi connectivity index (χ0) is 38.7. The number of aromatic amines is 2. The molecule has 0 aliphatic heterocycles. The lowest BCUT2D eigenvalue weighted by molar-refractivity contribution is 0.0950. The summed E-state index contributed by atoms with van der Waals surface area (Å²) in [6.07, 6.45) is 1.11. The second kappa shape index (κ2) is 16.1. The Bertz CT molecular complexity index is 2330. The number of H-pyrrole nitrogens is 2. The third-order valence-electron chi connectivity index (χ3n) is 9.92. The van der Waals surface area contributed by atoms with Gasteiger partial charge in [-0.15, -0.1) is 0 Å². The normalized spacial score (nSPS) is 11.9. The van der Waals surface area contributed by atoms with Crippen molar-refractivity contribution in [2.45, 2.75) is 12.8 Å². The summed E-state index contributed by atoms with van der Waals surface area (Å²) < 4.78 is 0. The lowest BCUT2D eigenvalue weighted by Crippen LogP contribution is -2.37. The minimum absolute atomic E-state index is 0.160. The maximum absolute atomic E-state index is 13.8. The predicted molar refractivity (Wildman–Crippen MR) is 220 cm³/mol. The maximum Gasteiger partial charge on any atom is 0.253 e. The third kappa shape index (κ3) is 7.79. The average molecular weight is 732 g/mol. The molecule has 0 fully saturated rings. The van der Waals surface area contributed by atoms with Crippen LogP contribution in [0.15, 0.2) is 70.3 Å². The van der Waals surface area contributed by atoms with Crippen molar-refractivity contribution in [1.29, 1.82) is 0 Å². The fraction of sp³-hybridized carbons (Fsp3) is 0.317. The Hall–Kier alpha value is -5.76. The van der Waals surface area contributed by atoms with Gasteiger partial charge in [-0.05, 0) is 95.6 Å². The van der Waals surface area contributed by atoms with E-state index in [9.17, 15) is 19.2 Å². The molecule has 282 valence electrons. The second-order valence-electron chi connectivity index (χ2n) is 14.4. The first-order valence-corrected chi connectivity index (χ1v) is 18.1. The summed E-state index contributed by atoms with van der Waals surface area (Å²) in [6, 6.07) is 17.8. The topological polar surface area (TPSA) is 186 Å². The summed E-state index contributed by atoms with van der Waals surface area (Å²) in [5, 5.41) is 7.90. The predicted octanol–water partition coefficient (Wildman–Crippen LogP) is 3.14. The molecular weight excluding hydrogens is 683 g/mol. The Labute approximate surface area is 313 Å². The number of amides is 2. The Morgan fingerprint density at radius 3 is 1.39 bits per heavy atom. The number of nitrogens with two attached hydrogens (primary N) is 2. The van der Waals surface area contributed by atoms with E-state index in [2.05, 4.69) is 20.6 Å². The van der Waals surface area contributed by atoms with E-state index in [-0.39, 0.29) is 22.7 Å². The highest BCUT2D eigenvalue weighted by Gasteiger charge is 2.22. The highest BCUT2D eigenvalue weighted by molar-refractivity contribution is 6.11. The minimum atomic E-state index is -0.349. The summed E-state index contributed by atoms with van der Waals surface area (Å²) in [4.78, 5) is 67.4. The number of aromatic nitrogens is 2. The molecule has 0 unspecified atom stereocenters. The van der Waals surface area contributed by atoms with Crippen LogP contribution in [-0.2, 0) is 12.8 Å². The number of para-hydroxylation sites is 2. The Morgan fingerprint density at radius 1 is 0.611 bits per heavy atom. The lowest BCUT2D eigenvalue weighted by Gasteiger charge is -2.19. The van der Waals surface area contributed by atoms with Gasteiger partial charge in [0.05, 0.1) is 32.9 Å². The SMILES string of the molecule is CN(C)CCc1c(N)cc(C(=O)NCCN(C)CCNC(=O)c2cc(N)c(CCN(C)C)c3c(=O)c4ccccc4[nH]c23)c2[nH]c3ccccc3c(=O)c12. The maximum atomic E-state index is 13.8. The molecule has 0 bridgehead atoms. The Kier molecular flexibility index (Phi) is 11.3. The van der Waals surface area contributed by atoms with Gasteiger partial charge in [-0.25, -0.2) is 0 Å². The number of carbonyl (C=O) groups excluding carboxylic acids is 2. The largest absolute Gasteiger partial charge is 0.398 e. The monoisotopic (exact) mass is 731 g/mol. The fourth-order valence-corrected chi connectivity index (χ4v) is 6.96. The van der Waals surface area contributed by atoms with Gasteiger partial charge in [-0.3, -0.25) is 19.2 Å². The molecule has 0 saturated heterocycles. The molecule has 8 N–H and O–H groups in total. The number of hydrogen-bond donors (Lipinski definition) is 6. The summed E-state index contributed by atoms with van der Waals surface area (Å²) in [5.74, 6) is -0.697. The average Bonchev–Trinajstić information content (AvgIpc) is 3.13. The van der Waals surface area contributed by atoms with Crippen LogP contribution in [0, 0.1) is 0 Å². The van der Waals surface area contributed by atoms with E-state index >= 15 is 0 Å². The number of nitrogens with one attached hydrogen (secondary N) is 4. The molecule has 0 aliphatic rings. The summed E-state index contributed by atoms with van der Waals surface area (Å²) >= 11 is 0. The van der Waals surface area contributed by atoms with Crippen LogP contribution in [0.2, 0.25) is 0 Å². The molecule has 13 heteroatoms. The van der Waals surface area contributed by atoms with Crippen molar-refractivity contribution >= 4 is 66.8 Å². The van der Waals surface area contributed by atoms with E-state index < -0.39 is 0 Å². The van der Waals surface area contributed by atoms with Crippen molar-refractivity contribution in [3.63, 3.8) is 0 Å². The van der Waals surface area contributed by atoms with Gasteiger partial charge in [0.15, 0.2) is 10.9 Å². The molecule has 4 aromatic carbocycles. The molecule has 2 aromatic heterocycles. The van der Waals surface area contributed by atoms with Crippen LogP contribution in [0.5, 0.6) is 0 Å². The molecule has 2 heterocycles. The molecular formula is C41H49N9O4. The number of anilines is 2. The van der Waals surface area contributed by atoms with E-state index in [1.807, 2.05) is 86.3 Å². The smallest absolute Gasteiger partial charge is 0.253 e. The van der Waals surface area contributed by atoms with Gasteiger partial charge in [0.2, 0.25) is 0 Å². The van der Waals surface area contributed by atoms with Crippen molar-refractivity contribution in [2.24, 2.45) is 0 Å². The fourth-order valence-electron chi connectivity index (χ4n) is 6.96. The van der Waals surface area contributed by atoms with Gasteiger partial charge in [-0.2, -0.15) is 0 Å². The van der Waals surface area contributed by atoms with Crippen LogP contribution in [-0.4, -0.2) is 111 Å². The molecule has 0 atom stereocenters. The molecule has 13 nitrogen and oxygen atoms in total. The van der Waals surface area contributed by atoms with Crippen molar-refractivity contribution < 1.29 is 9.59 Å². The van der Waals surface area contributed by atoms with E-state index in [0.717, 1.165) is 11.1 Å². The highest BCUT2D eigenvalue weighted by Crippen LogP contribution is 2.29. The molecule has 6 aromatic rings. The quantitative estimate of drug-likeness (QED) is 0.0724. The van der Waals surface area contributed by atoms with Gasteiger partial charge in [0.25, 0.3) is 11.8 Å². The zero-order valence-corrected chi connectivity index (χ0v) is 31.6. The standard InChI is InChI=1S/C41H49N9O4/c1-48(2)18-14-24-30(42)22-28(36-34(24)38(51)26-10-6-8-12-32(26)46-36)40(53)44-16-20-50(5)21-17-45-41(54)29-23-31(43)25(15-19-49(3)4)35-37(29)47-33-13-9-7-11-27(33)39(35)52/h6-13,22-23H,14-21,42-43H2,1-5H3,(H,44,53)(H,45,54)(H,46,51)(H,47,52). The van der Waals surface area contributed by atoms with Crippen LogP contribution in [0.4, 0.5) is 11.4 Å². The number of rotatable bonds is 14. The minimum Gasteiger partial charge on any atom is -0.398 e. The first-order chi connectivity index (χ1) is 25.8. The Balaban J connectivity index is 1.14. The second-order valence-corrected chi connectivity index (χ2v) is 14.4. The van der Waals surface area contributed by atoms with E-state index in [1.165, 1.54) is 0 Å². The number of nitrogens with zero attached hydrogens (tertiary/aromatic N) is 3. The molecule has 0 saturated carbocycles. The number of carbonyl (C=O) groups is 2. The molecule has 6 rings (SSSR count). The number of benzene rings is 4. The number of fused-ring (bicyclic) bond motifs is 4. The van der Waals surface area contributed by atoms with Crippen molar-refractivity contribution in [1.82, 2.24) is 35.3 Å². The van der Waals surface area contributed by atoms with Gasteiger partial charge in [0.1, 0.15) is 0 Å². The number of hydrogen-bond acceptors (Lipinski definition) is 9. The van der Waals surface area contributed by atoms with Gasteiger partial charge < -0.3 is 46.8 Å². The lowest BCUT2D eigenvalue weighted by atomic mass is 9.96. The molecule has 0 radical (unpaired) electrons. The molecule has 54 heavy (non-hydrogen) atoms. The summed E-state index contributed by atoms with van der Waals surface area (Å²) in [6.45, 7) is 2.99. The third-order valence-corrected chi connectivity index (χ3v) is 9.92. The summed E-state index contributed by atoms with van der Waals surface area (Å²) in [7, 11) is 9.73. The first-order valence-electron chi connectivity index (χ1n) is 18.1. The Morgan fingerprint density at radius 2 is 1.00 bits per heavy atom. The number of nitrogen functional groups attached to an aromatic ring is 2. The van der Waals surface area contributed by atoms with Crippen LogP contribution >= 0.6 is 0 Å².